The van der Waals surface area contributed by atoms with Gasteiger partial charge in [-0.25, -0.2) is 0 Å². The molecular weight excluding hydrogens is 268 g/mol. The van der Waals surface area contributed by atoms with Crippen LogP contribution < -0.4 is 5.32 Å². The van der Waals surface area contributed by atoms with E-state index in [2.05, 4.69) is 10.5 Å². The summed E-state index contributed by atoms with van der Waals surface area (Å²) in [6.45, 7) is 1.11. The maximum Gasteiger partial charge on any atom is 0.264 e. The summed E-state index contributed by atoms with van der Waals surface area (Å²) in [5.74, 6) is 0.459. The van der Waals surface area contributed by atoms with Crippen LogP contribution in [0.1, 0.15) is 36.4 Å². The number of carbonyl (C=O) groups excluding carboxylic acids is 1. The molecular formula is C16H18N2O3. The Kier molecular flexibility index (Phi) is 3.15. The molecule has 3 aliphatic rings. The van der Waals surface area contributed by atoms with Crippen LogP contribution in [0.5, 0.6) is 0 Å². The van der Waals surface area contributed by atoms with E-state index in [9.17, 15) is 4.79 Å². The molecule has 110 valence electrons. The number of amides is 1. The van der Waals surface area contributed by atoms with E-state index in [-0.39, 0.29) is 11.9 Å². The fraction of sp³-hybridized carbons (Fsp3) is 0.500. The first-order chi connectivity index (χ1) is 10.3. The number of benzene rings is 1. The first-order valence-corrected chi connectivity index (χ1v) is 7.50. The van der Waals surface area contributed by atoms with E-state index in [1.807, 2.05) is 24.3 Å². The van der Waals surface area contributed by atoms with E-state index in [4.69, 9.17) is 9.57 Å². The van der Waals surface area contributed by atoms with Crippen LogP contribution in [0.25, 0.3) is 0 Å². The van der Waals surface area contributed by atoms with Gasteiger partial charge in [-0.3, -0.25) is 4.79 Å². The SMILES string of the molecule is O=C(NC1COCc2ccccc21)C1CC(C2CC2)=NO1. The Morgan fingerprint density at radius 1 is 1.29 bits per heavy atom. The minimum absolute atomic E-state index is 0.0975. The van der Waals surface area contributed by atoms with Gasteiger partial charge in [0.05, 0.1) is 25.0 Å². The predicted molar refractivity (Wildman–Crippen MR) is 76.6 cm³/mol. The van der Waals surface area contributed by atoms with Gasteiger partial charge in [0.1, 0.15) is 0 Å². The number of carbonyl (C=O) groups is 1. The van der Waals surface area contributed by atoms with E-state index >= 15 is 0 Å². The van der Waals surface area contributed by atoms with Gasteiger partial charge in [-0.05, 0) is 24.0 Å². The second-order valence-electron chi connectivity index (χ2n) is 5.93. The minimum Gasteiger partial charge on any atom is -0.382 e. The lowest BCUT2D eigenvalue weighted by Gasteiger charge is -2.27. The Morgan fingerprint density at radius 3 is 3.00 bits per heavy atom. The molecule has 0 bridgehead atoms. The Bertz CT molecular complexity index is 595. The fourth-order valence-electron chi connectivity index (χ4n) is 2.96. The number of rotatable bonds is 3. The molecule has 1 N–H and O–H groups in total. The molecule has 4 rings (SSSR count). The summed E-state index contributed by atoms with van der Waals surface area (Å²) in [6, 6.07) is 7.96. The van der Waals surface area contributed by atoms with Crippen molar-refractivity contribution in [1.29, 1.82) is 0 Å². The summed E-state index contributed by atoms with van der Waals surface area (Å²) >= 11 is 0. The number of oxime groups is 1. The van der Waals surface area contributed by atoms with E-state index in [0.29, 0.717) is 25.6 Å². The van der Waals surface area contributed by atoms with Gasteiger partial charge in [0.25, 0.3) is 5.91 Å². The third kappa shape index (κ3) is 2.53. The monoisotopic (exact) mass is 286 g/mol. The third-order valence-electron chi connectivity index (χ3n) is 4.32. The predicted octanol–water partition coefficient (Wildman–Crippen LogP) is 1.93. The lowest BCUT2D eigenvalue weighted by atomic mass is 9.98. The number of hydrogen-bond donors (Lipinski definition) is 1. The van der Waals surface area contributed by atoms with Crippen LogP contribution in [0.3, 0.4) is 0 Å². The molecule has 1 aromatic rings. The Labute approximate surface area is 123 Å². The van der Waals surface area contributed by atoms with Crippen molar-refractivity contribution >= 4 is 11.6 Å². The van der Waals surface area contributed by atoms with Crippen LogP contribution in [0.15, 0.2) is 29.4 Å². The van der Waals surface area contributed by atoms with Crippen molar-refractivity contribution in [3.8, 4) is 0 Å². The van der Waals surface area contributed by atoms with Crippen LogP contribution in [0.2, 0.25) is 0 Å². The topological polar surface area (TPSA) is 59.9 Å². The first-order valence-electron chi connectivity index (χ1n) is 7.50. The number of nitrogens with zero attached hydrogens (tertiary/aromatic N) is 1. The highest BCUT2D eigenvalue weighted by Crippen LogP contribution is 2.35. The summed E-state index contributed by atoms with van der Waals surface area (Å²) in [5.41, 5.74) is 3.32. The van der Waals surface area contributed by atoms with Crippen molar-refractivity contribution in [1.82, 2.24) is 5.32 Å². The Balaban J connectivity index is 1.41. The quantitative estimate of drug-likeness (QED) is 0.923. The molecule has 1 amide bonds. The molecule has 1 saturated carbocycles. The van der Waals surface area contributed by atoms with Gasteiger partial charge in [-0.15, -0.1) is 0 Å². The van der Waals surface area contributed by atoms with Crippen molar-refractivity contribution in [3.05, 3.63) is 35.4 Å². The minimum atomic E-state index is -0.477. The lowest BCUT2D eigenvalue weighted by molar-refractivity contribution is -0.132. The molecule has 0 radical (unpaired) electrons. The van der Waals surface area contributed by atoms with Crippen molar-refractivity contribution in [2.75, 3.05) is 6.61 Å². The van der Waals surface area contributed by atoms with E-state index in [1.54, 1.807) is 0 Å². The highest BCUT2D eigenvalue weighted by molar-refractivity contribution is 5.95. The molecule has 5 heteroatoms. The highest BCUT2D eigenvalue weighted by atomic mass is 16.6. The molecule has 0 saturated heterocycles. The summed E-state index contributed by atoms with van der Waals surface area (Å²) in [5, 5.41) is 7.10. The average Bonchev–Trinajstić information content (AvgIpc) is 3.25. The van der Waals surface area contributed by atoms with Crippen molar-refractivity contribution in [2.45, 2.75) is 38.0 Å². The number of hydrogen-bond acceptors (Lipinski definition) is 4. The molecule has 0 aromatic heterocycles. The molecule has 2 aliphatic heterocycles. The number of fused-ring (bicyclic) bond motifs is 1. The zero-order chi connectivity index (χ0) is 14.2. The van der Waals surface area contributed by atoms with E-state index in [0.717, 1.165) is 16.8 Å². The molecule has 1 aliphatic carbocycles. The maximum absolute atomic E-state index is 12.3. The van der Waals surface area contributed by atoms with Gasteiger partial charge in [0.2, 0.25) is 6.10 Å². The molecule has 21 heavy (non-hydrogen) atoms. The maximum atomic E-state index is 12.3. The molecule has 1 fully saturated rings. The smallest absolute Gasteiger partial charge is 0.264 e. The molecule has 2 atom stereocenters. The molecule has 0 spiro atoms. The van der Waals surface area contributed by atoms with Gasteiger partial charge in [0.15, 0.2) is 0 Å². The van der Waals surface area contributed by atoms with E-state index in [1.165, 1.54) is 12.8 Å². The first kappa shape index (κ1) is 12.8. The van der Waals surface area contributed by atoms with Crippen molar-refractivity contribution in [3.63, 3.8) is 0 Å². The van der Waals surface area contributed by atoms with Crippen LogP contribution in [0, 0.1) is 5.92 Å². The van der Waals surface area contributed by atoms with Crippen molar-refractivity contribution in [2.24, 2.45) is 11.1 Å². The van der Waals surface area contributed by atoms with Crippen LogP contribution >= 0.6 is 0 Å². The number of nitrogens with one attached hydrogen (secondary N) is 1. The van der Waals surface area contributed by atoms with Gasteiger partial charge >= 0.3 is 0 Å². The lowest BCUT2D eigenvalue weighted by Crippen LogP contribution is -2.40. The third-order valence-corrected chi connectivity index (χ3v) is 4.32. The molecule has 5 nitrogen and oxygen atoms in total. The number of ether oxygens (including phenoxy) is 1. The summed E-state index contributed by atoms with van der Waals surface area (Å²) in [7, 11) is 0. The highest BCUT2D eigenvalue weighted by Gasteiger charge is 2.37. The molecule has 2 heterocycles. The standard InChI is InChI=1S/C16H18N2O3/c19-16(15-7-13(18-21-15)10-5-6-10)17-14-9-20-8-11-3-1-2-4-12(11)14/h1-4,10,14-15H,5-9H2,(H,17,19). The normalized spacial score (nSPS) is 27.5. The Hall–Kier alpha value is -1.88. The van der Waals surface area contributed by atoms with E-state index < -0.39 is 6.10 Å². The fourth-order valence-corrected chi connectivity index (χ4v) is 2.96. The second-order valence-corrected chi connectivity index (χ2v) is 5.93. The molecule has 2 unspecified atom stereocenters. The van der Waals surface area contributed by atoms with Crippen molar-refractivity contribution < 1.29 is 14.4 Å². The summed E-state index contributed by atoms with van der Waals surface area (Å²) in [4.78, 5) is 17.6. The van der Waals surface area contributed by atoms with Gasteiger partial charge in [-0.1, -0.05) is 29.4 Å². The largest absolute Gasteiger partial charge is 0.382 e. The zero-order valence-corrected chi connectivity index (χ0v) is 11.7. The van der Waals surface area contributed by atoms with Gasteiger partial charge < -0.3 is 14.9 Å². The zero-order valence-electron chi connectivity index (χ0n) is 11.7. The van der Waals surface area contributed by atoms with Crippen LogP contribution in [-0.4, -0.2) is 24.3 Å². The molecule has 1 aromatic carbocycles. The van der Waals surface area contributed by atoms with Crippen LogP contribution in [0.4, 0.5) is 0 Å². The van der Waals surface area contributed by atoms with Crippen LogP contribution in [-0.2, 0) is 21.0 Å². The van der Waals surface area contributed by atoms with Gasteiger partial charge in [-0.2, -0.15) is 0 Å². The average molecular weight is 286 g/mol. The summed E-state index contributed by atoms with van der Waals surface area (Å²) in [6.07, 6.45) is 2.52. The van der Waals surface area contributed by atoms with Gasteiger partial charge in [0, 0.05) is 12.3 Å². The summed E-state index contributed by atoms with van der Waals surface area (Å²) < 4.78 is 5.56. The second kappa shape index (κ2) is 5.15. The Morgan fingerprint density at radius 2 is 2.14 bits per heavy atom.